The molecule has 1 atom stereocenters. The summed E-state index contributed by atoms with van der Waals surface area (Å²) in [5.41, 5.74) is 1.32. The third kappa shape index (κ3) is 2.76. The molecule has 0 bridgehead atoms. The van der Waals surface area contributed by atoms with Gasteiger partial charge in [0.1, 0.15) is 0 Å². The van der Waals surface area contributed by atoms with E-state index in [2.05, 4.69) is 15.5 Å². The molecule has 3 nitrogen and oxygen atoms in total. The van der Waals surface area contributed by atoms with Gasteiger partial charge in [-0.05, 0) is 30.7 Å². The SMILES string of the molecule is CCNC(c1ccnnc1)c1ccc(C)c(F)c1F. The van der Waals surface area contributed by atoms with Crippen LogP contribution < -0.4 is 5.32 Å². The number of aryl methyl sites for hydroxylation is 1. The van der Waals surface area contributed by atoms with Crippen molar-refractivity contribution in [3.8, 4) is 0 Å². The lowest BCUT2D eigenvalue weighted by Gasteiger charge is -2.19. The van der Waals surface area contributed by atoms with Gasteiger partial charge in [-0.2, -0.15) is 10.2 Å². The number of nitrogens with one attached hydrogen (secondary N) is 1. The Morgan fingerprint density at radius 1 is 1.16 bits per heavy atom. The van der Waals surface area contributed by atoms with Crippen LogP contribution in [0.3, 0.4) is 0 Å². The minimum absolute atomic E-state index is 0.276. The second kappa shape index (κ2) is 5.84. The maximum Gasteiger partial charge on any atom is 0.164 e. The second-order valence-electron chi connectivity index (χ2n) is 4.27. The summed E-state index contributed by atoms with van der Waals surface area (Å²) in [4.78, 5) is 0. The third-order valence-corrected chi connectivity index (χ3v) is 2.96. The van der Waals surface area contributed by atoms with Gasteiger partial charge in [-0.3, -0.25) is 0 Å². The molecule has 1 N–H and O–H groups in total. The monoisotopic (exact) mass is 263 g/mol. The van der Waals surface area contributed by atoms with E-state index in [1.807, 2.05) is 6.92 Å². The highest BCUT2D eigenvalue weighted by molar-refractivity contribution is 5.33. The van der Waals surface area contributed by atoms with E-state index in [-0.39, 0.29) is 5.56 Å². The Morgan fingerprint density at radius 2 is 1.95 bits per heavy atom. The normalized spacial score (nSPS) is 12.4. The van der Waals surface area contributed by atoms with E-state index in [9.17, 15) is 8.78 Å². The van der Waals surface area contributed by atoms with Crippen molar-refractivity contribution in [1.29, 1.82) is 0 Å². The molecule has 1 unspecified atom stereocenters. The van der Waals surface area contributed by atoms with Gasteiger partial charge in [-0.1, -0.05) is 19.1 Å². The van der Waals surface area contributed by atoms with Gasteiger partial charge in [0.15, 0.2) is 11.6 Å². The van der Waals surface area contributed by atoms with E-state index < -0.39 is 17.7 Å². The lowest BCUT2D eigenvalue weighted by Crippen LogP contribution is -2.23. The van der Waals surface area contributed by atoms with Crippen molar-refractivity contribution in [3.63, 3.8) is 0 Å². The topological polar surface area (TPSA) is 37.8 Å². The second-order valence-corrected chi connectivity index (χ2v) is 4.27. The van der Waals surface area contributed by atoms with Crippen LogP contribution in [-0.2, 0) is 0 Å². The van der Waals surface area contributed by atoms with Crippen molar-refractivity contribution in [2.75, 3.05) is 6.54 Å². The highest BCUT2D eigenvalue weighted by atomic mass is 19.2. The molecular formula is C14H15F2N3. The molecule has 100 valence electrons. The van der Waals surface area contributed by atoms with E-state index in [1.165, 1.54) is 6.20 Å². The summed E-state index contributed by atoms with van der Waals surface area (Å²) < 4.78 is 27.7. The number of halogens is 2. The minimum atomic E-state index is -0.817. The summed E-state index contributed by atoms with van der Waals surface area (Å²) >= 11 is 0. The summed E-state index contributed by atoms with van der Waals surface area (Å²) in [5, 5.41) is 10.6. The molecule has 1 heterocycles. The van der Waals surface area contributed by atoms with Gasteiger partial charge in [0.2, 0.25) is 0 Å². The molecule has 2 rings (SSSR count). The van der Waals surface area contributed by atoms with Crippen LogP contribution >= 0.6 is 0 Å². The molecule has 0 amide bonds. The fraction of sp³-hybridized carbons (Fsp3) is 0.286. The van der Waals surface area contributed by atoms with Crippen LogP contribution in [0.25, 0.3) is 0 Å². The molecule has 0 fully saturated rings. The average molecular weight is 263 g/mol. The van der Waals surface area contributed by atoms with Crippen molar-refractivity contribution in [1.82, 2.24) is 15.5 Å². The Labute approximate surface area is 110 Å². The van der Waals surface area contributed by atoms with Crippen molar-refractivity contribution >= 4 is 0 Å². The van der Waals surface area contributed by atoms with E-state index in [0.29, 0.717) is 12.1 Å². The standard InChI is InChI=1S/C14H15F2N3/c1-3-17-14(10-6-7-18-19-8-10)11-5-4-9(2)12(15)13(11)16/h4-8,14,17H,3H2,1-2H3. The molecule has 1 aromatic carbocycles. The Bertz CT molecular complexity index is 558. The number of benzene rings is 1. The molecule has 0 radical (unpaired) electrons. The molecule has 0 spiro atoms. The number of hydrogen-bond donors (Lipinski definition) is 1. The molecular weight excluding hydrogens is 248 g/mol. The van der Waals surface area contributed by atoms with Gasteiger partial charge in [-0.25, -0.2) is 8.78 Å². The van der Waals surface area contributed by atoms with Crippen LogP contribution in [0, 0.1) is 18.6 Å². The summed E-state index contributed by atoms with van der Waals surface area (Å²) in [7, 11) is 0. The first-order valence-electron chi connectivity index (χ1n) is 6.09. The summed E-state index contributed by atoms with van der Waals surface area (Å²) in [5.74, 6) is -1.62. The Morgan fingerprint density at radius 3 is 2.58 bits per heavy atom. The van der Waals surface area contributed by atoms with Crippen molar-refractivity contribution in [3.05, 3.63) is 58.9 Å². The molecule has 0 aliphatic heterocycles. The zero-order chi connectivity index (χ0) is 13.8. The van der Waals surface area contributed by atoms with Gasteiger partial charge < -0.3 is 5.32 Å². The third-order valence-electron chi connectivity index (χ3n) is 2.96. The Hall–Kier alpha value is -1.88. The van der Waals surface area contributed by atoms with Gasteiger partial charge in [-0.15, -0.1) is 0 Å². The van der Waals surface area contributed by atoms with Crippen LogP contribution in [0.5, 0.6) is 0 Å². The van der Waals surface area contributed by atoms with E-state index in [1.54, 1.807) is 31.3 Å². The van der Waals surface area contributed by atoms with Gasteiger partial charge in [0.05, 0.1) is 12.2 Å². The van der Waals surface area contributed by atoms with Gasteiger partial charge >= 0.3 is 0 Å². The van der Waals surface area contributed by atoms with Crippen LogP contribution in [0.15, 0.2) is 30.6 Å². The summed E-state index contributed by atoms with van der Waals surface area (Å²) in [6, 6.07) is 4.47. The fourth-order valence-corrected chi connectivity index (χ4v) is 1.97. The maximum absolute atomic E-state index is 14.1. The lowest BCUT2D eigenvalue weighted by molar-refractivity contribution is 0.478. The van der Waals surface area contributed by atoms with Crippen molar-refractivity contribution < 1.29 is 8.78 Å². The Balaban J connectivity index is 2.49. The lowest BCUT2D eigenvalue weighted by atomic mass is 9.98. The predicted octanol–water partition coefficient (Wildman–Crippen LogP) is 2.76. The molecule has 19 heavy (non-hydrogen) atoms. The predicted molar refractivity (Wildman–Crippen MR) is 68.6 cm³/mol. The first-order chi connectivity index (χ1) is 9.15. The molecule has 0 aliphatic rings. The largest absolute Gasteiger partial charge is 0.306 e. The summed E-state index contributed by atoms with van der Waals surface area (Å²) in [6.45, 7) is 4.07. The van der Waals surface area contributed by atoms with Crippen LogP contribution in [0.2, 0.25) is 0 Å². The smallest absolute Gasteiger partial charge is 0.164 e. The first-order valence-corrected chi connectivity index (χ1v) is 6.09. The molecule has 0 aliphatic carbocycles. The number of aromatic nitrogens is 2. The van der Waals surface area contributed by atoms with Crippen LogP contribution in [0.4, 0.5) is 8.78 Å². The highest BCUT2D eigenvalue weighted by Gasteiger charge is 2.20. The van der Waals surface area contributed by atoms with Crippen molar-refractivity contribution in [2.24, 2.45) is 0 Å². The van der Waals surface area contributed by atoms with Gasteiger partial charge in [0, 0.05) is 11.8 Å². The number of nitrogens with zero attached hydrogens (tertiary/aromatic N) is 2. The van der Waals surface area contributed by atoms with E-state index in [4.69, 9.17) is 0 Å². The molecule has 0 saturated heterocycles. The fourth-order valence-electron chi connectivity index (χ4n) is 1.97. The van der Waals surface area contributed by atoms with E-state index in [0.717, 1.165) is 5.56 Å². The number of hydrogen-bond acceptors (Lipinski definition) is 3. The van der Waals surface area contributed by atoms with Gasteiger partial charge in [0.25, 0.3) is 0 Å². The van der Waals surface area contributed by atoms with Crippen molar-refractivity contribution in [2.45, 2.75) is 19.9 Å². The highest BCUT2D eigenvalue weighted by Crippen LogP contribution is 2.26. The minimum Gasteiger partial charge on any atom is -0.306 e. The quantitative estimate of drug-likeness (QED) is 0.921. The summed E-state index contributed by atoms with van der Waals surface area (Å²) in [6.07, 6.45) is 3.08. The molecule has 0 saturated carbocycles. The maximum atomic E-state index is 14.1. The molecule has 1 aromatic heterocycles. The van der Waals surface area contributed by atoms with E-state index >= 15 is 0 Å². The van der Waals surface area contributed by atoms with Crippen LogP contribution in [-0.4, -0.2) is 16.7 Å². The average Bonchev–Trinajstić information content (AvgIpc) is 2.44. The zero-order valence-corrected chi connectivity index (χ0v) is 10.8. The molecule has 2 aromatic rings. The Kier molecular flexibility index (Phi) is 4.16. The molecule has 5 heteroatoms. The van der Waals surface area contributed by atoms with Crippen LogP contribution in [0.1, 0.15) is 29.7 Å². The zero-order valence-electron chi connectivity index (χ0n) is 10.8. The first kappa shape index (κ1) is 13.5. The number of rotatable bonds is 4.